The van der Waals surface area contributed by atoms with E-state index in [9.17, 15) is 4.79 Å². The summed E-state index contributed by atoms with van der Waals surface area (Å²) in [4.78, 5) is 13.7. The Bertz CT molecular complexity index is 574. The Labute approximate surface area is 100 Å². The molecule has 0 radical (unpaired) electrons. The molecule has 2 aromatic carbocycles. The van der Waals surface area contributed by atoms with Crippen LogP contribution in [0.4, 0.5) is 10.5 Å². The molecule has 0 aliphatic carbocycles. The van der Waals surface area contributed by atoms with Gasteiger partial charge in [-0.05, 0) is 18.4 Å². The SMILES string of the molecule is C[C@@H]1CN1C(=O)Nc1cccc2ccccc12. The maximum atomic E-state index is 11.8. The molecule has 1 N–H and O–H groups in total. The number of hydrogen-bond donors (Lipinski definition) is 1. The van der Waals surface area contributed by atoms with Gasteiger partial charge in [-0.15, -0.1) is 0 Å². The second-order valence-electron chi connectivity index (χ2n) is 4.46. The molecule has 3 nitrogen and oxygen atoms in total. The summed E-state index contributed by atoms with van der Waals surface area (Å²) in [6.07, 6.45) is 0. The number of nitrogens with zero attached hydrogens (tertiary/aromatic N) is 1. The topological polar surface area (TPSA) is 32.1 Å². The normalized spacial score (nSPS) is 18.2. The molecule has 1 heterocycles. The minimum absolute atomic E-state index is 0.00569. The van der Waals surface area contributed by atoms with Crippen LogP contribution in [-0.4, -0.2) is 23.5 Å². The van der Waals surface area contributed by atoms with Gasteiger partial charge in [-0.2, -0.15) is 0 Å². The number of carbonyl (C=O) groups excluding carboxylic acids is 1. The van der Waals surface area contributed by atoms with Crippen molar-refractivity contribution in [2.75, 3.05) is 11.9 Å². The Hall–Kier alpha value is -2.03. The number of rotatable bonds is 1. The van der Waals surface area contributed by atoms with Crippen molar-refractivity contribution in [1.82, 2.24) is 4.90 Å². The summed E-state index contributed by atoms with van der Waals surface area (Å²) in [5.74, 6) is 0. The number of carbonyl (C=O) groups is 1. The van der Waals surface area contributed by atoms with Crippen molar-refractivity contribution in [3.8, 4) is 0 Å². The minimum atomic E-state index is -0.00569. The third-order valence-corrected chi connectivity index (χ3v) is 3.15. The Morgan fingerprint density at radius 2 is 1.94 bits per heavy atom. The van der Waals surface area contributed by atoms with E-state index >= 15 is 0 Å². The number of nitrogens with one attached hydrogen (secondary N) is 1. The average Bonchev–Trinajstić information content (AvgIpc) is 3.07. The molecular weight excluding hydrogens is 212 g/mol. The molecule has 1 aliphatic heterocycles. The molecule has 1 fully saturated rings. The van der Waals surface area contributed by atoms with Crippen molar-refractivity contribution in [3.63, 3.8) is 0 Å². The maximum absolute atomic E-state index is 11.8. The first-order valence-electron chi connectivity index (χ1n) is 5.81. The zero-order valence-electron chi connectivity index (χ0n) is 9.68. The number of anilines is 1. The fraction of sp³-hybridized carbons (Fsp3) is 0.214. The van der Waals surface area contributed by atoms with E-state index in [4.69, 9.17) is 0 Å². The molecule has 2 aromatic rings. The van der Waals surface area contributed by atoms with Gasteiger partial charge in [-0.3, -0.25) is 0 Å². The second kappa shape index (κ2) is 3.77. The van der Waals surface area contributed by atoms with E-state index in [0.29, 0.717) is 6.04 Å². The highest BCUT2D eigenvalue weighted by Crippen LogP contribution is 2.25. The number of fused-ring (bicyclic) bond motifs is 1. The lowest BCUT2D eigenvalue weighted by molar-refractivity contribution is 0.240. The first kappa shape index (κ1) is 10.1. The van der Waals surface area contributed by atoms with Crippen LogP contribution in [0, 0.1) is 0 Å². The molecule has 3 rings (SSSR count). The largest absolute Gasteiger partial charge is 0.322 e. The molecular formula is C14H14N2O. The van der Waals surface area contributed by atoms with E-state index in [0.717, 1.165) is 23.0 Å². The number of amides is 2. The Morgan fingerprint density at radius 1 is 1.24 bits per heavy atom. The molecule has 1 aliphatic rings. The van der Waals surface area contributed by atoms with Crippen LogP contribution in [0.1, 0.15) is 6.92 Å². The van der Waals surface area contributed by atoms with Gasteiger partial charge in [-0.25, -0.2) is 4.79 Å². The van der Waals surface area contributed by atoms with Gasteiger partial charge in [0.25, 0.3) is 0 Å². The molecule has 1 saturated heterocycles. The third kappa shape index (κ3) is 1.84. The predicted molar refractivity (Wildman–Crippen MR) is 69.1 cm³/mol. The van der Waals surface area contributed by atoms with Gasteiger partial charge in [0, 0.05) is 18.0 Å². The van der Waals surface area contributed by atoms with Crippen molar-refractivity contribution in [2.24, 2.45) is 0 Å². The molecule has 86 valence electrons. The summed E-state index contributed by atoms with van der Waals surface area (Å²) in [6, 6.07) is 14.4. The minimum Gasteiger partial charge on any atom is -0.318 e. The number of urea groups is 1. The van der Waals surface area contributed by atoms with Gasteiger partial charge in [-0.1, -0.05) is 36.4 Å². The summed E-state index contributed by atoms with van der Waals surface area (Å²) in [5, 5.41) is 5.19. The van der Waals surface area contributed by atoms with E-state index in [2.05, 4.69) is 5.32 Å². The third-order valence-electron chi connectivity index (χ3n) is 3.15. The Kier molecular flexibility index (Phi) is 2.25. The lowest BCUT2D eigenvalue weighted by Gasteiger charge is -2.09. The first-order chi connectivity index (χ1) is 8.25. The highest BCUT2D eigenvalue weighted by molar-refractivity contribution is 6.02. The molecule has 0 spiro atoms. The van der Waals surface area contributed by atoms with Crippen molar-refractivity contribution in [1.29, 1.82) is 0 Å². The Morgan fingerprint density at radius 3 is 2.71 bits per heavy atom. The van der Waals surface area contributed by atoms with Crippen LogP contribution in [0.5, 0.6) is 0 Å². The zero-order chi connectivity index (χ0) is 11.8. The van der Waals surface area contributed by atoms with Crippen molar-refractivity contribution in [3.05, 3.63) is 42.5 Å². The summed E-state index contributed by atoms with van der Waals surface area (Å²) >= 11 is 0. The van der Waals surface area contributed by atoms with E-state index in [1.165, 1.54) is 0 Å². The predicted octanol–water partition coefficient (Wildman–Crippen LogP) is 3.08. The fourth-order valence-electron chi connectivity index (χ4n) is 2.04. The van der Waals surface area contributed by atoms with Crippen LogP contribution < -0.4 is 5.32 Å². The van der Waals surface area contributed by atoms with Crippen molar-refractivity contribution >= 4 is 22.5 Å². The van der Waals surface area contributed by atoms with Gasteiger partial charge in [0.1, 0.15) is 0 Å². The van der Waals surface area contributed by atoms with Gasteiger partial charge in [0.05, 0.1) is 5.69 Å². The smallest absolute Gasteiger partial charge is 0.318 e. The molecule has 3 heteroatoms. The summed E-state index contributed by atoms with van der Waals surface area (Å²) < 4.78 is 0. The number of benzene rings is 2. The Balaban J connectivity index is 1.92. The van der Waals surface area contributed by atoms with Crippen LogP contribution in [0.25, 0.3) is 10.8 Å². The lowest BCUT2D eigenvalue weighted by Crippen LogP contribution is -2.20. The number of hydrogen-bond acceptors (Lipinski definition) is 1. The first-order valence-corrected chi connectivity index (χ1v) is 5.81. The second-order valence-corrected chi connectivity index (χ2v) is 4.46. The van der Waals surface area contributed by atoms with Crippen molar-refractivity contribution in [2.45, 2.75) is 13.0 Å². The molecule has 2 amide bonds. The van der Waals surface area contributed by atoms with E-state index in [1.807, 2.05) is 54.3 Å². The monoisotopic (exact) mass is 226 g/mol. The molecule has 0 unspecified atom stereocenters. The van der Waals surface area contributed by atoms with Gasteiger partial charge >= 0.3 is 6.03 Å². The standard InChI is InChI=1S/C14H14N2O/c1-10-9-16(10)14(17)15-13-8-4-6-11-5-2-3-7-12(11)13/h2-8,10H,9H2,1H3,(H,15,17)/t10-,16?/m1/s1. The molecule has 1 atom stereocenters. The van der Waals surface area contributed by atoms with E-state index in [-0.39, 0.29) is 6.03 Å². The molecule has 0 aromatic heterocycles. The molecule has 17 heavy (non-hydrogen) atoms. The fourth-order valence-corrected chi connectivity index (χ4v) is 2.04. The van der Waals surface area contributed by atoms with Gasteiger partial charge in [0.15, 0.2) is 0 Å². The molecule has 0 bridgehead atoms. The van der Waals surface area contributed by atoms with E-state index < -0.39 is 0 Å². The average molecular weight is 226 g/mol. The summed E-state index contributed by atoms with van der Waals surface area (Å²) in [6.45, 7) is 2.90. The highest BCUT2D eigenvalue weighted by atomic mass is 16.2. The van der Waals surface area contributed by atoms with Gasteiger partial charge < -0.3 is 10.2 Å². The molecule has 0 saturated carbocycles. The zero-order valence-corrected chi connectivity index (χ0v) is 9.68. The van der Waals surface area contributed by atoms with Crippen LogP contribution in [0.3, 0.4) is 0 Å². The summed E-state index contributed by atoms with van der Waals surface area (Å²) in [5.41, 5.74) is 0.882. The van der Waals surface area contributed by atoms with Crippen LogP contribution >= 0.6 is 0 Å². The van der Waals surface area contributed by atoms with E-state index in [1.54, 1.807) is 0 Å². The van der Waals surface area contributed by atoms with Gasteiger partial charge in [0.2, 0.25) is 0 Å². The quantitative estimate of drug-likeness (QED) is 0.744. The van der Waals surface area contributed by atoms with Crippen LogP contribution in [0.15, 0.2) is 42.5 Å². The van der Waals surface area contributed by atoms with Crippen LogP contribution in [0.2, 0.25) is 0 Å². The van der Waals surface area contributed by atoms with Crippen LogP contribution in [-0.2, 0) is 0 Å². The lowest BCUT2D eigenvalue weighted by atomic mass is 10.1. The summed E-state index contributed by atoms with van der Waals surface area (Å²) in [7, 11) is 0. The highest BCUT2D eigenvalue weighted by Gasteiger charge is 2.34. The van der Waals surface area contributed by atoms with Crippen molar-refractivity contribution < 1.29 is 4.79 Å². The maximum Gasteiger partial charge on any atom is 0.322 e.